The summed E-state index contributed by atoms with van der Waals surface area (Å²) < 4.78 is 37.7. The largest absolute Gasteiger partial charge is 0.484 e. The minimum atomic E-state index is -3.00. The average Bonchev–Trinajstić information content (AvgIpc) is 3.52. The van der Waals surface area contributed by atoms with Crippen LogP contribution in [0.1, 0.15) is 40.6 Å². The number of hydrogen-bond donors (Lipinski definition) is 0. The van der Waals surface area contributed by atoms with Crippen LogP contribution >= 0.6 is 23.4 Å². The fourth-order valence-electron chi connectivity index (χ4n) is 3.18. The first kappa shape index (κ1) is 22.5. The third-order valence-corrected chi connectivity index (χ3v) is 6.08. The molecule has 168 valence electrons. The molecule has 32 heavy (non-hydrogen) atoms. The number of halogens is 3. The van der Waals surface area contributed by atoms with Crippen molar-refractivity contribution in [1.82, 2.24) is 14.8 Å². The molecule has 2 aromatic carbocycles. The predicted octanol–water partition coefficient (Wildman–Crippen LogP) is 5.73. The summed E-state index contributed by atoms with van der Waals surface area (Å²) in [5, 5.41) is 9.55. The number of aryl methyl sites for hydroxylation is 1. The molecule has 0 saturated heterocycles. The van der Waals surface area contributed by atoms with Gasteiger partial charge in [0.15, 0.2) is 16.8 Å². The number of Topliss-reactive ketones (excluding diaryl/α,β-unsaturated/α-hetero) is 1. The summed E-state index contributed by atoms with van der Waals surface area (Å²) in [6, 6.07) is 12.0. The van der Waals surface area contributed by atoms with Gasteiger partial charge in [-0.25, -0.2) is 0 Å². The predicted molar refractivity (Wildman–Crippen MR) is 117 cm³/mol. The number of para-hydroxylation sites is 1. The number of aromatic nitrogens is 3. The minimum absolute atomic E-state index is 0.0132. The van der Waals surface area contributed by atoms with Crippen LogP contribution in [0.15, 0.2) is 47.6 Å². The summed E-state index contributed by atoms with van der Waals surface area (Å²) in [5.74, 6) is 0.746. The van der Waals surface area contributed by atoms with Gasteiger partial charge in [-0.2, -0.15) is 8.78 Å². The summed E-state index contributed by atoms with van der Waals surface area (Å²) in [6.45, 7) is -1.03. The lowest BCUT2D eigenvalue weighted by Gasteiger charge is -2.12. The molecule has 1 aromatic heterocycles. The number of rotatable bonds is 10. The maximum absolute atomic E-state index is 12.8. The van der Waals surface area contributed by atoms with Gasteiger partial charge in [0.05, 0.1) is 16.3 Å². The zero-order chi connectivity index (χ0) is 22.7. The summed E-state index contributed by atoms with van der Waals surface area (Å²) >= 11 is 7.35. The van der Waals surface area contributed by atoms with Crippen molar-refractivity contribution >= 4 is 29.1 Å². The molecular formula is C22H20ClF2N3O3S. The Balaban J connectivity index is 1.47. The standard InChI is InChI=1S/C22H20ClF2N3O3S/c1-13-6-9-18(31-21(24)25)15(10-13)17(29)12-32-22-27-26-20(28(22)14-7-8-14)11-30-19-5-3-2-4-16(19)23/h2-6,9-10,14,21H,7-8,11-12H2,1H3. The highest BCUT2D eigenvalue weighted by atomic mass is 35.5. The van der Waals surface area contributed by atoms with Gasteiger partial charge in [-0.05, 0) is 44.0 Å². The van der Waals surface area contributed by atoms with Crippen LogP contribution in [0, 0.1) is 6.92 Å². The fourth-order valence-corrected chi connectivity index (χ4v) is 4.27. The highest BCUT2D eigenvalue weighted by molar-refractivity contribution is 7.99. The Hall–Kier alpha value is -2.65. The van der Waals surface area contributed by atoms with Crippen molar-refractivity contribution in [3.05, 3.63) is 64.4 Å². The Kier molecular flexibility index (Phi) is 6.95. The molecular weight excluding hydrogens is 460 g/mol. The van der Waals surface area contributed by atoms with Crippen molar-refractivity contribution < 1.29 is 23.0 Å². The number of benzene rings is 2. The van der Waals surface area contributed by atoms with Crippen LogP contribution in [0.4, 0.5) is 8.78 Å². The highest BCUT2D eigenvalue weighted by Gasteiger charge is 2.30. The molecule has 1 heterocycles. The van der Waals surface area contributed by atoms with E-state index in [2.05, 4.69) is 14.9 Å². The first-order valence-corrected chi connectivity index (χ1v) is 11.3. The SMILES string of the molecule is Cc1ccc(OC(F)F)c(C(=O)CSc2nnc(COc3ccccc3Cl)n2C2CC2)c1. The van der Waals surface area contributed by atoms with Gasteiger partial charge in [0.25, 0.3) is 0 Å². The van der Waals surface area contributed by atoms with E-state index in [0.29, 0.717) is 21.8 Å². The molecule has 6 nitrogen and oxygen atoms in total. The zero-order valence-corrected chi connectivity index (χ0v) is 18.7. The second-order valence-corrected chi connectivity index (χ2v) is 8.66. The van der Waals surface area contributed by atoms with Gasteiger partial charge < -0.3 is 9.47 Å². The van der Waals surface area contributed by atoms with Gasteiger partial charge in [0, 0.05) is 6.04 Å². The topological polar surface area (TPSA) is 66.2 Å². The van der Waals surface area contributed by atoms with E-state index in [4.69, 9.17) is 16.3 Å². The van der Waals surface area contributed by atoms with Crippen LogP contribution in [0.5, 0.6) is 11.5 Å². The summed E-state index contributed by atoms with van der Waals surface area (Å²) in [7, 11) is 0. The number of alkyl halides is 2. The molecule has 4 rings (SSSR count). The first-order valence-electron chi connectivity index (χ1n) is 9.95. The van der Waals surface area contributed by atoms with E-state index < -0.39 is 6.61 Å². The Morgan fingerprint density at radius 3 is 2.72 bits per heavy atom. The number of hydrogen-bond acceptors (Lipinski definition) is 6. The molecule has 0 unspecified atom stereocenters. The fraction of sp³-hybridized carbons (Fsp3) is 0.318. The van der Waals surface area contributed by atoms with E-state index in [0.717, 1.165) is 18.4 Å². The van der Waals surface area contributed by atoms with E-state index in [1.165, 1.54) is 17.8 Å². The Bertz CT molecular complexity index is 1120. The van der Waals surface area contributed by atoms with Gasteiger partial charge in [-0.3, -0.25) is 9.36 Å². The van der Waals surface area contributed by atoms with Crippen molar-refractivity contribution in [1.29, 1.82) is 0 Å². The van der Waals surface area contributed by atoms with Crippen molar-refractivity contribution in [2.45, 2.75) is 44.2 Å². The van der Waals surface area contributed by atoms with Crippen LogP contribution in [-0.2, 0) is 6.61 Å². The molecule has 0 spiro atoms. The molecule has 0 bridgehead atoms. The molecule has 0 aliphatic heterocycles. The summed E-state index contributed by atoms with van der Waals surface area (Å²) in [4.78, 5) is 12.8. The van der Waals surface area contributed by atoms with Crippen molar-refractivity contribution in [2.75, 3.05) is 5.75 Å². The summed E-state index contributed by atoms with van der Waals surface area (Å²) in [6.07, 6.45) is 1.98. The van der Waals surface area contributed by atoms with Gasteiger partial charge in [0.1, 0.15) is 18.1 Å². The molecule has 1 aliphatic rings. The number of carbonyl (C=O) groups excluding carboxylic acids is 1. The maximum Gasteiger partial charge on any atom is 0.387 e. The molecule has 0 N–H and O–H groups in total. The van der Waals surface area contributed by atoms with Crippen molar-refractivity contribution in [3.63, 3.8) is 0 Å². The van der Waals surface area contributed by atoms with E-state index in [1.54, 1.807) is 31.2 Å². The van der Waals surface area contributed by atoms with Crippen LogP contribution in [0.25, 0.3) is 0 Å². The normalized spacial score (nSPS) is 13.4. The van der Waals surface area contributed by atoms with Crippen LogP contribution < -0.4 is 9.47 Å². The third kappa shape index (κ3) is 5.39. The number of nitrogens with zero attached hydrogens (tertiary/aromatic N) is 3. The molecule has 1 fully saturated rings. The van der Waals surface area contributed by atoms with Crippen molar-refractivity contribution in [3.8, 4) is 11.5 Å². The Morgan fingerprint density at radius 2 is 2.00 bits per heavy atom. The molecule has 3 aromatic rings. The Morgan fingerprint density at radius 1 is 1.22 bits per heavy atom. The summed E-state index contributed by atoms with van der Waals surface area (Å²) in [5.41, 5.74) is 0.901. The average molecular weight is 480 g/mol. The minimum Gasteiger partial charge on any atom is -0.484 e. The van der Waals surface area contributed by atoms with Crippen molar-refractivity contribution in [2.24, 2.45) is 0 Å². The zero-order valence-electron chi connectivity index (χ0n) is 17.1. The highest BCUT2D eigenvalue weighted by Crippen LogP contribution is 2.39. The number of ketones is 1. The van der Waals surface area contributed by atoms with Crippen LogP contribution in [0.2, 0.25) is 5.02 Å². The van der Waals surface area contributed by atoms with E-state index in [9.17, 15) is 13.6 Å². The van der Waals surface area contributed by atoms with Gasteiger partial charge in [-0.1, -0.05) is 47.1 Å². The van der Waals surface area contributed by atoms with E-state index >= 15 is 0 Å². The second kappa shape index (κ2) is 9.87. The van der Waals surface area contributed by atoms with Gasteiger partial charge >= 0.3 is 6.61 Å². The second-order valence-electron chi connectivity index (χ2n) is 7.31. The molecule has 10 heteroatoms. The number of carbonyl (C=O) groups is 1. The third-order valence-electron chi connectivity index (χ3n) is 4.82. The van der Waals surface area contributed by atoms with Gasteiger partial charge in [0.2, 0.25) is 0 Å². The lowest BCUT2D eigenvalue weighted by molar-refractivity contribution is -0.0501. The molecule has 1 aliphatic carbocycles. The smallest absolute Gasteiger partial charge is 0.387 e. The molecule has 0 radical (unpaired) electrons. The molecule has 1 saturated carbocycles. The van der Waals surface area contributed by atoms with Gasteiger partial charge in [-0.15, -0.1) is 10.2 Å². The van der Waals surface area contributed by atoms with E-state index in [1.807, 2.05) is 16.7 Å². The first-order chi connectivity index (χ1) is 15.4. The van der Waals surface area contributed by atoms with Crippen LogP contribution in [-0.4, -0.2) is 32.9 Å². The molecule has 0 amide bonds. The monoisotopic (exact) mass is 479 g/mol. The quantitative estimate of drug-likeness (QED) is 0.273. The van der Waals surface area contributed by atoms with Crippen LogP contribution in [0.3, 0.4) is 0 Å². The number of thioether (sulfide) groups is 1. The lowest BCUT2D eigenvalue weighted by atomic mass is 10.1. The van der Waals surface area contributed by atoms with E-state index in [-0.39, 0.29) is 35.5 Å². The Labute approximate surface area is 192 Å². The lowest BCUT2D eigenvalue weighted by Crippen LogP contribution is -2.11. The number of ether oxygens (including phenoxy) is 2. The maximum atomic E-state index is 12.8. The molecule has 0 atom stereocenters.